The number of halogens is 1. The first kappa shape index (κ1) is 16.8. The lowest BCUT2D eigenvalue weighted by atomic mass is 10.0. The Labute approximate surface area is 137 Å². The maximum Gasteiger partial charge on any atom is 0.0694 e. The highest BCUT2D eigenvalue weighted by molar-refractivity contribution is 9.10. The van der Waals surface area contributed by atoms with Gasteiger partial charge in [-0.15, -0.1) is 0 Å². The standard InChI is InChI=1S/C17H27BrN2O/c1-5-8-19-13(2)15-7-6-14(11-16(15)18)20-9-10-21-12-17(20,3)4/h6-7,11,13,19H,5,8-10,12H2,1-4H3. The average Bonchev–Trinajstić information content (AvgIpc) is 2.44. The molecule has 1 aromatic rings. The lowest BCUT2D eigenvalue weighted by Crippen LogP contribution is -2.53. The zero-order chi connectivity index (χ0) is 15.5. The van der Waals surface area contributed by atoms with E-state index in [1.54, 1.807) is 0 Å². The first-order valence-electron chi connectivity index (χ1n) is 7.84. The van der Waals surface area contributed by atoms with Gasteiger partial charge in [0, 0.05) is 22.7 Å². The normalized spacial score (nSPS) is 19.6. The van der Waals surface area contributed by atoms with E-state index in [1.807, 2.05) is 0 Å². The quantitative estimate of drug-likeness (QED) is 0.860. The molecular formula is C17H27BrN2O. The van der Waals surface area contributed by atoms with Gasteiger partial charge >= 0.3 is 0 Å². The van der Waals surface area contributed by atoms with Gasteiger partial charge in [0.1, 0.15) is 0 Å². The highest BCUT2D eigenvalue weighted by atomic mass is 79.9. The van der Waals surface area contributed by atoms with Gasteiger partial charge in [0.15, 0.2) is 0 Å². The molecule has 21 heavy (non-hydrogen) atoms. The summed E-state index contributed by atoms with van der Waals surface area (Å²) >= 11 is 3.75. The van der Waals surface area contributed by atoms with Crippen LogP contribution >= 0.6 is 15.9 Å². The molecule has 0 bridgehead atoms. The van der Waals surface area contributed by atoms with Crippen LogP contribution in [-0.2, 0) is 4.74 Å². The second-order valence-corrected chi connectivity index (χ2v) is 7.25. The van der Waals surface area contributed by atoms with Crippen LogP contribution in [0.3, 0.4) is 0 Å². The number of hydrogen-bond acceptors (Lipinski definition) is 3. The maximum absolute atomic E-state index is 5.61. The number of nitrogens with zero attached hydrogens (tertiary/aromatic N) is 1. The molecular weight excluding hydrogens is 328 g/mol. The van der Waals surface area contributed by atoms with Crippen LogP contribution in [0.2, 0.25) is 0 Å². The highest BCUT2D eigenvalue weighted by Gasteiger charge is 2.30. The molecule has 0 saturated carbocycles. The third-order valence-corrected chi connectivity index (χ3v) is 4.79. The molecule has 1 unspecified atom stereocenters. The van der Waals surface area contributed by atoms with Gasteiger partial charge in [0.25, 0.3) is 0 Å². The van der Waals surface area contributed by atoms with Crippen molar-refractivity contribution in [1.29, 1.82) is 0 Å². The van der Waals surface area contributed by atoms with Crippen LogP contribution in [0.5, 0.6) is 0 Å². The van der Waals surface area contributed by atoms with Gasteiger partial charge < -0.3 is 15.0 Å². The van der Waals surface area contributed by atoms with Gasteiger partial charge in [-0.2, -0.15) is 0 Å². The topological polar surface area (TPSA) is 24.5 Å². The van der Waals surface area contributed by atoms with Gasteiger partial charge in [-0.1, -0.05) is 28.9 Å². The van der Waals surface area contributed by atoms with Crippen molar-refractivity contribution in [1.82, 2.24) is 5.32 Å². The Morgan fingerprint density at radius 1 is 1.43 bits per heavy atom. The summed E-state index contributed by atoms with van der Waals surface area (Å²) in [6, 6.07) is 7.08. The Bertz CT molecular complexity index is 476. The van der Waals surface area contributed by atoms with Crippen LogP contribution in [-0.4, -0.2) is 31.8 Å². The fourth-order valence-corrected chi connectivity index (χ4v) is 3.55. The Kier molecular flexibility index (Phi) is 5.69. The number of anilines is 1. The largest absolute Gasteiger partial charge is 0.377 e. The van der Waals surface area contributed by atoms with Crippen molar-refractivity contribution in [2.45, 2.75) is 45.7 Å². The number of morpholine rings is 1. The van der Waals surface area contributed by atoms with Gasteiger partial charge in [-0.25, -0.2) is 0 Å². The van der Waals surface area contributed by atoms with Gasteiger partial charge in [0.05, 0.1) is 18.8 Å². The number of hydrogen-bond donors (Lipinski definition) is 1. The van der Waals surface area contributed by atoms with Crippen molar-refractivity contribution in [3.63, 3.8) is 0 Å². The third-order valence-electron chi connectivity index (χ3n) is 4.11. The summed E-state index contributed by atoms with van der Waals surface area (Å²) in [5, 5.41) is 3.54. The fraction of sp³-hybridized carbons (Fsp3) is 0.647. The average molecular weight is 355 g/mol. The molecule has 1 saturated heterocycles. The monoisotopic (exact) mass is 354 g/mol. The Balaban J connectivity index is 2.18. The van der Waals surface area contributed by atoms with Gasteiger partial charge in [0.2, 0.25) is 0 Å². The van der Waals surface area contributed by atoms with Crippen molar-refractivity contribution in [2.24, 2.45) is 0 Å². The van der Waals surface area contributed by atoms with Crippen LogP contribution in [0.15, 0.2) is 22.7 Å². The highest BCUT2D eigenvalue weighted by Crippen LogP contribution is 2.32. The zero-order valence-electron chi connectivity index (χ0n) is 13.6. The molecule has 118 valence electrons. The molecule has 0 amide bonds. The van der Waals surface area contributed by atoms with Crippen LogP contribution < -0.4 is 10.2 Å². The predicted molar refractivity (Wildman–Crippen MR) is 93.1 cm³/mol. The molecule has 1 aliphatic heterocycles. The van der Waals surface area contributed by atoms with E-state index in [1.165, 1.54) is 15.7 Å². The van der Waals surface area contributed by atoms with Crippen molar-refractivity contribution in [3.8, 4) is 0 Å². The summed E-state index contributed by atoms with van der Waals surface area (Å²) in [4.78, 5) is 2.44. The van der Waals surface area contributed by atoms with Crippen LogP contribution in [0.25, 0.3) is 0 Å². The van der Waals surface area contributed by atoms with E-state index >= 15 is 0 Å². The SMILES string of the molecule is CCCNC(C)c1ccc(N2CCOCC2(C)C)cc1Br. The summed E-state index contributed by atoms with van der Waals surface area (Å²) in [7, 11) is 0. The summed E-state index contributed by atoms with van der Waals surface area (Å²) in [5.41, 5.74) is 2.63. The lowest BCUT2D eigenvalue weighted by Gasteiger charge is -2.44. The lowest BCUT2D eigenvalue weighted by molar-refractivity contribution is 0.0644. The Morgan fingerprint density at radius 2 is 2.19 bits per heavy atom. The van der Waals surface area contributed by atoms with E-state index in [0.717, 1.165) is 32.7 Å². The minimum Gasteiger partial charge on any atom is -0.377 e. The molecule has 0 spiro atoms. The van der Waals surface area contributed by atoms with E-state index in [4.69, 9.17) is 4.74 Å². The maximum atomic E-state index is 5.61. The van der Waals surface area contributed by atoms with Gasteiger partial charge in [-0.05, 0) is 51.4 Å². The van der Waals surface area contributed by atoms with Gasteiger partial charge in [-0.3, -0.25) is 0 Å². The van der Waals surface area contributed by atoms with E-state index < -0.39 is 0 Å². The van der Waals surface area contributed by atoms with Crippen molar-refractivity contribution < 1.29 is 4.74 Å². The van der Waals surface area contributed by atoms with Crippen LogP contribution in [0.1, 0.15) is 45.7 Å². The summed E-state index contributed by atoms with van der Waals surface area (Å²) in [6.45, 7) is 12.5. The third kappa shape index (κ3) is 3.99. The molecule has 1 fully saturated rings. The summed E-state index contributed by atoms with van der Waals surface area (Å²) in [5.74, 6) is 0. The smallest absolute Gasteiger partial charge is 0.0694 e. The number of benzene rings is 1. The summed E-state index contributed by atoms with van der Waals surface area (Å²) < 4.78 is 6.79. The molecule has 1 aromatic carbocycles. The van der Waals surface area contributed by atoms with Crippen molar-refractivity contribution >= 4 is 21.6 Å². The van der Waals surface area contributed by atoms with Crippen LogP contribution in [0.4, 0.5) is 5.69 Å². The van der Waals surface area contributed by atoms with E-state index in [9.17, 15) is 0 Å². The van der Waals surface area contributed by atoms with E-state index in [-0.39, 0.29) is 5.54 Å². The molecule has 3 nitrogen and oxygen atoms in total. The first-order valence-corrected chi connectivity index (χ1v) is 8.63. The number of rotatable bonds is 5. The van der Waals surface area contributed by atoms with Crippen molar-refractivity contribution in [3.05, 3.63) is 28.2 Å². The first-order chi connectivity index (χ1) is 9.95. The van der Waals surface area contributed by atoms with E-state index in [0.29, 0.717) is 6.04 Å². The van der Waals surface area contributed by atoms with Crippen molar-refractivity contribution in [2.75, 3.05) is 31.2 Å². The Hall–Kier alpha value is -0.580. The molecule has 0 radical (unpaired) electrons. The number of nitrogens with one attached hydrogen (secondary N) is 1. The summed E-state index contributed by atoms with van der Waals surface area (Å²) in [6.07, 6.45) is 1.15. The zero-order valence-corrected chi connectivity index (χ0v) is 15.2. The molecule has 2 rings (SSSR count). The second kappa shape index (κ2) is 7.12. The molecule has 1 aliphatic rings. The fourth-order valence-electron chi connectivity index (χ4n) is 2.84. The second-order valence-electron chi connectivity index (χ2n) is 6.40. The molecule has 0 aromatic heterocycles. The predicted octanol–water partition coefficient (Wildman–Crippen LogP) is 4.12. The molecule has 0 aliphatic carbocycles. The minimum atomic E-state index is 0.0469. The molecule has 1 heterocycles. The molecule has 4 heteroatoms. The minimum absolute atomic E-state index is 0.0469. The molecule has 1 N–H and O–H groups in total. The molecule has 1 atom stereocenters. The number of ether oxygens (including phenoxy) is 1. The van der Waals surface area contributed by atoms with Crippen LogP contribution in [0, 0.1) is 0 Å². The Morgan fingerprint density at radius 3 is 2.81 bits per heavy atom. The van der Waals surface area contributed by atoms with E-state index in [2.05, 4.69) is 72.0 Å².